The highest BCUT2D eigenvalue weighted by molar-refractivity contribution is 5.86. The van der Waals surface area contributed by atoms with Gasteiger partial charge in [-0.15, -0.1) is 0 Å². The number of rotatable bonds is 16. The van der Waals surface area contributed by atoms with Gasteiger partial charge in [0, 0.05) is 27.8 Å². The molecule has 248 valence electrons. The normalized spacial score (nSPS) is 19.0. The average Bonchev–Trinajstić information content (AvgIpc) is 3.51. The van der Waals surface area contributed by atoms with Crippen LogP contribution in [-0.4, -0.2) is 98.9 Å². The predicted octanol–water partition coefficient (Wildman–Crippen LogP) is 4.03. The van der Waals surface area contributed by atoms with Crippen molar-refractivity contribution in [2.24, 2.45) is 17.8 Å². The van der Waals surface area contributed by atoms with E-state index >= 15 is 0 Å². The fourth-order valence-corrected chi connectivity index (χ4v) is 6.10. The second-order valence-corrected chi connectivity index (χ2v) is 12.0. The van der Waals surface area contributed by atoms with Crippen molar-refractivity contribution in [2.45, 2.75) is 97.2 Å². The van der Waals surface area contributed by atoms with Gasteiger partial charge in [-0.1, -0.05) is 64.4 Å². The van der Waals surface area contributed by atoms with Crippen LogP contribution >= 0.6 is 0 Å². The van der Waals surface area contributed by atoms with E-state index in [2.05, 4.69) is 5.32 Å². The molecule has 0 unspecified atom stereocenters. The standard InChI is InChI=1S/C33H53N3O8/c1-10-22(4)29(35(6)31(38)28(21(2)3)34-33(40)44-20-24-15-12-11-13-16-24)26(41-7)19-27(37)36-18-14-17-25(36)30(42-8)23(5)32(39)43-9/h11-13,15-16,21-23,25-26,28-30H,10,14,17-20H2,1-9H3,(H,34,40)/t22-,23+,25-,26+,28-,29-,30+/m0/s1. The topological polar surface area (TPSA) is 124 Å². The number of amides is 3. The van der Waals surface area contributed by atoms with Gasteiger partial charge in [0.05, 0.1) is 43.7 Å². The maximum atomic E-state index is 13.9. The van der Waals surface area contributed by atoms with E-state index in [4.69, 9.17) is 18.9 Å². The van der Waals surface area contributed by atoms with Gasteiger partial charge in [-0.3, -0.25) is 14.4 Å². The summed E-state index contributed by atoms with van der Waals surface area (Å²) in [5.41, 5.74) is 0.841. The van der Waals surface area contributed by atoms with Crippen LogP contribution in [-0.2, 0) is 39.9 Å². The predicted molar refractivity (Wildman–Crippen MR) is 167 cm³/mol. The Morgan fingerprint density at radius 2 is 1.68 bits per heavy atom. The summed E-state index contributed by atoms with van der Waals surface area (Å²) in [6, 6.07) is 7.75. The zero-order chi connectivity index (χ0) is 33.0. The third-order valence-electron chi connectivity index (χ3n) is 8.84. The second-order valence-electron chi connectivity index (χ2n) is 12.0. The van der Waals surface area contributed by atoms with E-state index in [1.165, 1.54) is 7.11 Å². The number of carbonyl (C=O) groups is 4. The first-order chi connectivity index (χ1) is 20.9. The van der Waals surface area contributed by atoms with Crippen LogP contribution in [0.1, 0.15) is 65.9 Å². The molecule has 1 aliphatic rings. The van der Waals surface area contributed by atoms with Gasteiger partial charge in [0.15, 0.2) is 0 Å². The number of ether oxygens (including phenoxy) is 4. The van der Waals surface area contributed by atoms with Crippen LogP contribution in [0.2, 0.25) is 0 Å². The van der Waals surface area contributed by atoms with Crippen molar-refractivity contribution in [1.29, 1.82) is 0 Å². The lowest BCUT2D eigenvalue weighted by atomic mass is 9.89. The second kappa shape index (κ2) is 17.9. The first-order valence-electron chi connectivity index (χ1n) is 15.6. The molecule has 44 heavy (non-hydrogen) atoms. The number of hydrogen-bond donors (Lipinski definition) is 1. The lowest BCUT2D eigenvalue weighted by molar-refractivity contribution is -0.154. The number of likely N-dealkylation sites (tertiary alicyclic amines) is 1. The van der Waals surface area contributed by atoms with E-state index in [9.17, 15) is 19.2 Å². The van der Waals surface area contributed by atoms with Crippen LogP contribution in [0.15, 0.2) is 30.3 Å². The molecule has 0 radical (unpaired) electrons. The average molecular weight is 620 g/mol. The van der Waals surface area contributed by atoms with E-state index < -0.39 is 36.3 Å². The Morgan fingerprint density at radius 3 is 2.23 bits per heavy atom. The van der Waals surface area contributed by atoms with Crippen LogP contribution in [0.5, 0.6) is 0 Å². The molecule has 1 aliphatic heterocycles. The molecule has 0 bridgehead atoms. The molecule has 2 rings (SSSR count). The Labute approximate surface area is 262 Å². The lowest BCUT2D eigenvalue weighted by Gasteiger charge is -2.40. The van der Waals surface area contributed by atoms with Crippen molar-refractivity contribution >= 4 is 23.9 Å². The number of alkyl carbamates (subject to hydrolysis) is 1. The molecule has 0 saturated carbocycles. The first-order valence-corrected chi connectivity index (χ1v) is 15.6. The molecule has 1 N–H and O–H groups in total. The summed E-state index contributed by atoms with van der Waals surface area (Å²) in [7, 11) is 6.12. The molecule has 1 fully saturated rings. The van der Waals surface area contributed by atoms with Crippen LogP contribution in [0.4, 0.5) is 4.79 Å². The summed E-state index contributed by atoms with van der Waals surface area (Å²) >= 11 is 0. The van der Waals surface area contributed by atoms with Gasteiger partial charge in [-0.05, 0) is 37.2 Å². The number of carbonyl (C=O) groups excluding carboxylic acids is 4. The fraction of sp³-hybridized carbons (Fsp3) is 0.697. The van der Waals surface area contributed by atoms with Gasteiger partial charge < -0.3 is 34.1 Å². The Hall–Kier alpha value is -3.18. The van der Waals surface area contributed by atoms with Crippen LogP contribution in [0, 0.1) is 17.8 Å². The van der Waals surface area contributed by atoms with Crippen molar-refractivity contribution in [2.75, 3.05) is 34.9 Å². The summed E-state index contributed by atoms with van der Waals surface area (Å²) in [6.45, 7) is 10.1. The summed E-state index contributed by atoms with van der Waals surface area (Å²) in [4.78, 5) is 56.1. The number of nitrogens with one attached hydrogen (secondary N) is 1. The quantitative estimate of drug-likeness (QED) is 0.275. The molecule has 1 aromatic carbocycles. The number of hydrogen-bond acceptors (Lipinski definition) is 8. The summed E-state index contributed by atoms with van der Waals surface area (Å²) in [6.07, 6.45) is 0.483. The van der Waals surface area contributed by atoms with Crippen molar-refractivity contribution in [3.8, 4) is 0 Å². The third kappa shape index (κ3) is 9.66. The van der Waals surface area contributed by atoms with Gasteiger partial charge in [0.2, 0.25) is 11.8 Å². The molecule has 1 aromatic rings. The van der Waals surface area contributed by atoms with Gasteiger partial charge in [-0.2, -0.15) is 0 Å². The van der Waals surface area contributed by atoms with E-state index in [1.54, 1.807) is 38.0 Å². The minimum Gasteiger partial charge on any atom is -0.469 e. The first kappa shape index (κ1) is 37.0. The highest BCUT2D eigenvalue weighted by atomic mass is 16.5. The third-order valence-corrected chi connectivity index (χ3v) is 8.84. The van der Waals surface area contributed by atoms with Crippen molar-refractivity contribution in [3.63, 3.8) is 0 Å². The molecule has 11 nitrogen and oxygen atoms in total. The molecule has 0 aliphatic carbocycles. The van der Waals surface area contributed by atoms with E-state index in [-0.39, 0.29) is 48.7 Å². The number of nitrogens with zero attached hydrogens (tertiary/aromatic N) is 2. The van der Waals surface area contributed by atoms with E-state index in [0.29, 0.717) is 13.0 Å². The summed E-state index contributed by atoms with van der Waals surface area (Å²) < 4.78 is 21.9. The minimum absolute atomic E-state index is 0.0139. The number of likely N-dealkylation sites (N-methyl/N-ethyl adjacent to an activating group) is 1. The van der Waals surface area contributed by atoms with E-state index in [0.717, 1.165) is 18.4 Å². The van der Waals surface area contributed by atoms with Crippen LogP contribution < -0.4 is 5.32 Å². The van der Waals surface area contributed by atoms with Crippen molar-refractivity contribution in [3.05, 3.63) is 35.9 Å². The Bertz CT molecular complexity index is 1070. The summed E-state index contributed by atoms with van der Waals surface area (Å²) in [5.74, 6) is -1.58. The molecular weight excluding hydrogens is 566 g/mol. The molecule has 1 heterocycles. The SMILES string of the molecule is CC[C@H](C)[C@@H]([C@@H](CC(=O)N1CCC[C@H]1[C@H](OC)[C@@H](C)C(=O)OC)OC)N(C)C(=O)[C@@H](NC(=O)OCc1ccccc1)C(C)C. The van der Waals surface area contributed by atoms with Gasteiger partial charge in [-0.25, -0.2) is 4.79 Å². The molecular formula is C33H53N3O8. The maximum Gasteiger partial charge on any atom is 0.408 e. The smallest absolute Gasteiger partial charge is 0.408 e. The minimum atomic E-state index is -0.840. The zero-order valence-corrected chi connectivity index (χ0v) is 27.9. The molecule has 0 spiro atoms. The lowest BCUT2D eigenvalue weighted by Crippen LogP contribution is -2.57. The Kier molecular flexibility index (Phi) is 15.1. The van der Waals surface area contributed by atoms with Gasteiger partial charge in [0.1, 0.15) is 12.6 Å². The Balaban J connectivity index is 2.20. The highest BCUT2D eigenvalue weighted by Gasteiger charge is 2.43. The van der Waals surface area contributed by atoms with Crippen LogP contribution in [0.3, 0.4) is 0 Å². The van der Waals surface area contributed by atoms with E-state index in [1.807, 2.05) is 58.0 Å². The van der Waals surface area contributed by atoms with Crippen molar-refractivity contribution in [1.82, 2.24) is 15.1 Å². The maximum absolute atomic E-state index is 13.9. The number of benzene rings is 1. The molecule has 7 atom stereocenters. The van der Waals surface area contributed by atoms with Gasteiger partial charge in [0.25, 0.3) is 0 Å². The van der Waals surface area contributed by atoms with Gasteiger partial charge >= 0.3 is 12.1 Å². The summed E-state index contributed by atoms with van der Waals surface area (Å²) in [5, 5.41) is 2.75. The molecule has 1 saturated heterocycles. The fourth-order valence-electron chi connectivity index (χ4n) is 6.10. The molecule has 11 heteroatoms. The monoisotopic (exact) mass is 619 g/mol. The zero-order valence-electron chi connectivity index (χ0n) is 27.9. The molecule has 0 aromatic heterocycles. The largest absolute Gasteiger partial charge is 0.469 e. The molecule has 3 amide bonds. The Morgan fingerprint density at radius 1 is 1.02 bits per heavy atom. The number of methoxy groups -OCH3 is 3. The van der Waals surface area contributed by atoms with Crippen LogP contribution in [0.25, 0.3) is 0 Å². The highest BCUT2D eigenvalue weighted by Crippen LogP contribution is 2.29. The number of esters is 1. The van der Waals surface area contributed by atoms with Crippen molar-refractivity contribution < 1.29 is 38.1 Å².